The summed E-state index contributed by atoms with van der Waals surface area (Å²) in [4.78, 5) is 0. The number of halogens is 1. The van der Waals surface area contributed by atoms with Gasteiger partial charge in [-0.2, -0.15) is 0 Å². The monoisotopic (exact) mass is 254 g/mol. The summed E-state index contributed by atoms with van der Waals surface area (Å²) in [5.41, 5.74) is 2.15. The number of hydrogen-bond acceptors (Lipinski definition) is 2. The zero-order chi connectivity index (χ0) is 11.8. The summed E-state index contributed by atoms with van der Waals surface area (Å²) in [5.74, 6) is -0.0206. The predicted octanol–water partition coefficient (Wildman–Crippen LogP) is 2.97. The highest BCUT2D eigenvalue weighted by Crippen LogP contribution is 2.32. The Balaban J connectivity index is 2.57. The van der Waals surface area contributed by atoms with E-state index in [0.717, 1.165) is 5.56 Å². The highest BCUT2D eigenvalue weighted by molar-refractivity contribution is 7.94. The van der Waals surface area contributed by atoms with Gasteiger partial charge in [0.25, 0.3) is 0 Å². The van der Waals surface area contributed by atoms with Crippen LogP contribution in [0.25, 0.3) is 5.57 Å². The van der Waals surface area contributed by atoms with Crippen molar-refractivity contribution >= 4 is 27.0 Å². The van der Waals surface area contributed by atoms with Gasteiger partial charge in [-0.15, -0.1) is 0 Å². The van der Waals surface area contributed by atoms with Crippen LogP contribution in [0.3, 0.4) is 0 Å². The van der Waals surface area contributed by atoms with Crippen molar-refractivity contribution < 1.29 is 8.42 Å². The molecule has 0 unspecified atom stereocenters. The van der Waals surface area contributed by atoms with Gasteiger partial charge in [-0.1, -0.05) is 41.9 Å². The number of hydrogen-bond donors (Lipinski definition) is 0. The molecule has 0 bridgehead atoms. The maximum Gasteiger partial charge on any atom is 0.176 e. The molecular formula is C12H11ClO2S. The van der Waals surface area contributed by atoms with E-state index in [1.54, 1.807) is 6.92 Å². The fraction of sp³-hybridized carbons (Fsp3) is 0.167. The third-order valence-electron chi connectivity index (χ3n) is 2.44. The number of sulfone groups is 1. The number of rotatable bonds is 1. The average molecular weight is 255 g/mol. The van der Waals surface area contributed by atoms with Gasteiger partial charge in [0.2, 0.25) is 0 Å². The van der Waals surface area contributed by atoms with Crippen LogP contribution in [0.5, 0.6) is 0 Å². The third kappa shape index (κ3) is 2.20. The largest absolute Gasteiger partial charge is 0.224 e. The van der Waals surface area contributed by atoms with Gasteiger partial charge in [-0.05, 0) is 23.6 Å². The zero-order valence-electron chi connectivity index (χ0n) is 8.77. The molecule has 0 aromatic heterocycles. The van der Waals surface area contributed by atoms with Crippen molar-refractivity contribution in [3.8, 4) is 0 Å². The van der Waals surface area contributed by atoms with Gasteiger partial charge in [0, 0.05) is 10.4 Å². The lowest BCUT2D eigenvalue weighted by Crippen LogP contribution is -2.11. The Bertz CT molecular complexity index is 568. The third-order valence-corrected chi connectivity index (χ3v) is 4.37. The fourth-order valence-electron chi connectivity index (χ4n) is 1.71. The highest BCUT2D eigenvalue weighted by Gasteiger charge is 2.22. The quantitative estimate of drug-likeness (QED) is 0.772. The predicted molar refractivity (Wildman–Crippen MR) is 66.8 cm³/mol. The molecule has 1 aliphatic rings. The van der Waals surface area contributed by atoms with E-state index in [2.05, 4.69) is 0 Å². The van der Waals surface area contributed by atoms with Crippen molar-refractivity contribution in [1.29, 1.82) is 0 Å². The minimum absolute atomic E-state index is 0.0206. The molecular weight excluding hydrogens is 244 g/mol. The lowest BCUT2D eigenvalue weighted by atomic mass is 10.1. The van der Waals surface area contributed by atoms with Crippen molar-refractivity contribution in [1.82, 2.24) is 0 Å². The summed E-state index contributed by atoms with van der Waals surface area (Å²) in [6.07, 6.45) is 0. The van der Waals surface area contributed by atoms with Crippen molar-refractivity contribution in [2.75, 3.05) is 5.75 Å². The number of allylic oxidation sites excluding steroid dienone is 2. The molecule has 1 aromatic carbocycles. The lowest BCUT2D eigenvalue weighted by Gasteiger charge is -2.15. The summed E-state index contributed by atoms with van der Waals surface area (Å²) in [6, 6.07) is 9.36. The molecule has 0 saturated carbocycles. The average Bonchev–Trinajstić information content (AvgIpc) is 2.24. The van der Waals surface area contributed by atoms with Crippen molar-refractivity contribution in [2.24, 2.45) is 0 Å². The van der Waals surface area contributed by atoms with Crippen molar-refractivity contribution in [2.45, 2.75) is 6.92 Å². The zero-order valence-corrected chi connectivity index (χ0v) is 10.3. The minimum atomic E-state index is -3.17. The standard InChI is InChI=1S/C12H11ClO2S/c1-9-7-16(14,15)8-11(12(9)13)10-5-3-2-4-6-10/h2-7H,8H2,1H3. The topological polar surface area (TPSA) is 34.1 Å². The molecule has 0 aliphatic carbocycles. The van der Waals surface area contributed by atoms with Crippen LogP contribution in [0.1, 0.15) is 12.5 Å². The molecule has 2 nitrogen and oxygen atoms in total. The van der Waals surface area contributed by atoms with E-state index in [9.17, 15) is 8.42 Å². The van der Waals surface area contributed by atoms with E-state index < -0.39 is 9.84 Å². The molecule has 0 fully saturated rings. The molecule has 1 heterocycles. The Morgan fingerprint density at radius 3 is 2.44 bits per heavy atom. The molecule has 0 spiro atoms. The fourth-order valence-corrected chi connectivity index (χ4v) is 3.54. The smallest absolute Gasteiger partial charge is 0.176 e. The summed E-state index contributed by atoms with van der Waals surface area (Å²) >= 11 is 6.14. The van der Waals surface area contributed by atoms with Crippen LogP contribution in [0, 0.1) is 0 Å². The van der Waals surface area contributed by atoms with E-state index in [1.165, 1.54) is 5.41 Å². The molecule has 0 N–H and O–H groups in total. The molecule has 0 radical (unpaired) electrons. The summed E-state index contributed by atoms with van der Waals surface area (Å²) in [6.45, 7) is 1.71. The van der Waals surface area contributed by atoms with Crippen molar-refractivity contribution in [3.05, 3.63) is 51.9 Å². The van der Waals surface area contributed by atoms with Crippen LogP contribution in [-0.2, 0) is 9.84 Å². The van der Waals surface area contributed by atoms with Crippen LogP contribution in [-0.4, -0.2) is 14.2 Å². The van der Waals surface area contributed by atoms with Crippen LogP contribution in [0.2, 0.25) is 0 Å². The first-order valence-corrected chi connectivity index (χ1v) is 6.94. The first-order chi connectivity index (χ1) is 7.49. The van der Waals surface area contributed by atoms with E-state index in [4.69, 9.17) is 11.6 Å². The second-order valence-corrected chi connectivity index (χ2v) is 5.99. The molecule has 0 amide bonds. The molecule has 0 saturated heterocycles. The van der Waals surface area contributed by atoms with Gasteiger partial charge in [-0.3, -0.25) is 0 Å². The Morgan fingerprint density at radius 1 is 1.19 bits per heavy atom. The molecule has 1 aromatic rings. The van der Waals surface area contributed by atoms with Gasteiger partial charge in [0.15, 0.2) is 9.84 Å². The van der Waals surface area contributed by atoms with Crippen LogP contribution in [0.4, 0.5) is 0 Å². The normalized spacial score (nSPS) is 19.5. The summed E-state index contributed by atoms with van der Waals surface area (Å²) in [7, 11) is -3.17. The first kappa shape index (κ1) is 11.4. The van der Waals surface area contributed by atoms with Crippen LogP contribution in [0.15, 0.2) is 46.3 Å². The van der Waals surface area contributed by atoms with E-state index in [1.807, 2.05) is 30.3 Å². The van der Waals surface area contributed by atoms with E-state index in [0.29, 0.717) is 16.2 Å². The van der Waals surface area contributed by atoms with Gasteiger partial charge in [0.05, 0.1) is 5.75 Å². The van der Waals surface area contributed by atoms with Gasteiger partial charge >= 0.3 is 0 Å². The maximum atomic E-state index is 11.6. The summed E-state index contributed by atoms with van der Waals surface area (Å²) < 4.78 is 23.2. The van der Waals surface area contributed by atoms with E-state index in [-0.39, 0.29) is 5.75 Å². The molecule has 16 heavy (non-hydrogen) atoms. The Hall–Kier alpha value is -1.06. The molecule has 4 heteroatoms. The van der Waals surface area contributed by atoms with Crippen LogP contribution < -0.4 is 0 Å². The second-order valence-electron chi connectivity index (χ2n) is 3.77. The summed E-state index contributed by atoms with van der Waals surface area (Å²) in [5, 5.41) is 1.78. The maximum absolute atomic E-state index is 11.6. The number of benzene rings is 1. The molecule has 2 rings (SSSR count). The lowest BCUT2D eigenvalue weighted by molar-refractivity contribution is 0.607. The second kappa shape index (κ2) is 4.07. The molecule has 84 valence electrons. The SMILES string of the molecule is CC1=CS(=O)(=O)CC(c2ccccc2)=C1Cl. The minimum Gasteiger partial charge on any atom is -0.224 e. The van der Waals surface area contributed by atoms with Crippen LogP contribution >= 0.6 is 11.6 Å². The first-order valence-electron chi connectivity index (χ1n) is 4.85. The van der Waals surface area contributed by atoms with Gasteiger partial charge < -0.3 is 0 Å². The van der Waals surface area contributed by atoms with E-state index >= 15 is 0 Å². The molecule has 0 atom stereocenters. The highest BCUT2D eigenvalue weighted by atomic mass is 35.5. The Labute approximate surface area is 100 Å². The van der Waals surface area contributed by atoms with Gasteiger partial charge in [0.1, 0.15) is 0 Å². The Morgan fingerprint density at radius 2 is 1.81 bits per heavy atom. The van der Waals surface area contributed by atoms with Crippen molar-refractivity contribution in [3.63, 3.8) is 0 Å². The molecule has 1 aliphatic heterocycles. The Kier molecular flexibility index (Phi) is 2.91. The van der Waals surface area contributed by atoms with Gasteiger partial charge in [-0.25, -0.2) is 8.42 Å².